The Morgan fingerprint density at radius 3 is 2.52 bits per heavy atom. The normalized spacial score (nSPS) is 13.1. The van der Waals surface area contributed by atoms with Crippen molar-refractivity contribution in [2.45, 2.75) is 25.6 Å². The minimum absolute atomic E-state index is 0.189. The minimum atomic E-state index is -4.60. The molecule has 8 heteroatoms. The maximum atomic E-state index is 12.7. The molecule has 0 aliphatic rings. The number of nitro groups is 1. The van der Waals surface area contributed by atoms with Crippen LogP contribution in [0.15, 0.2) is 29.6 Å². The summed E-state index contributed by atoms with van der Waals surface area (Å²) >= 11 is 1.51. The molecule has 0 aliphatic heterocycles. The van der Waals surface area contributed by atoms with Crippen LogP contribution in [-0.4, -0.2) is 12.0 Å². The number of hydrogen-bond acceptors (Lipinski definition) is 4. The summed E-state index contributed by atoms with van der Waals surface area (Å²) in [5.41, 5.74) is -0.199. The van der Waals surface area contributed by atoms with E-state index >= 15 is 0 Å². The van der Waals surface area contributed by atoms with Crippen LogP contribution in [0.3, 0.4) is 0 Å². The lowest BCUT2D eigenvalue weighted by Crippen LogP contribution is -2.19. The molecular weight excluding hydrogens is 329 g/mol. The number of halogens is 3. The van der Waals surface area contributed by atoms with Gasteiger partial charge in [-0.25, -0.2) is 0 Å². The molecule has 23 heavy (non-hydrogen) atoms. The Morgan fingerprint density at radius 1 is 1.35 bits per heavy atom. The molecule has 1 atom stereocenters. The summed E-state index contributed by atoms with van der Waals surface area (Å²) in [6.45, 7) is 1.93. The molecule has 1 aromatic heterocycles. The number of thiophene rings is 1. The molecule has 0 aliphatic carbocycles. The number of nitro benzene ring substituents is 1. The fourth-order valence-electron chi connectivity index (χ4n) is 2.37. The smallest absolute Gasteiger partial charge is 0.312 e. The molecule has 0 saturated heterocycles. The van der Waals surface area contributed by atoms with Crippen LogP contribution in [0.4, 0.5) is 18.9 Å². The number of hydrogen-bond donors (Lipinski definition) is 1. The molecule has 0 fully saturated rings. The predicted octanol–water partition coefficient (Wildman–Crippen LogP) is 4.49. The number of alkyl halides is 3. The Morgan fingerprint density at radius 2 is 2.04 bits per heavy atom. The summed E-state index contributed by atoms with van der Waals surface area (Å²) in [5, 5.41) is 16.1. The van der Waals surface area contributed by atoms with Crippen molar-refractivity contribution < 1.29 is 18.1 Å². The van der Waals surface area contributed by atoms with Crippen LogP contribution < -0.4 is 5.32 Å². The first-order valence-corrected chi connectivity index (χ1v) is 7.67. The van der Waals surface area contributed by atoms with Gasteiger partial charge in [0.25, 0.3) is 5.69 Å². The third-order valence-electron chi connectivity index (χ3n) is 3.60. The molecule has 124 valence electrons. The maximum absolute atomic E-state index is 12.7. The monoisotopic (exact) mass is 344 g/mol. The number of rotatable bonds is 5. The Hall–Kier alpha value is -1.93. The zero-order valence-corrected chi connectivity index (χ0v) is 13.3. The fourth-order valence-corrected chi connectivity index (χ4v) is 3.41. The lowest BCUT2D eigenvalue weighted by Gasteiger charge is -2.17. The summed E-state index contributed by atoms with van der Waals surface area (Å²) in [7, 11) is 1.72. The van der Waals surface area contributed by atoms with Crippen LogP contribution in [-0.2, 0) is 12.6 Å². The molecule has 2 rings (SSSR count). The van der Waals surface area contributed by atoms with E-state index in [9.17, 15) is 23.3 Å². The van der Waals surface area contributed by atoms with Gasteiger partial charge in [-0.15, -0.1) is 11.3 Å². The van der Waals surface area contributed by atoms with Gasteiger partial charge in [0.1, 0.15) is 0 Å². The second-order valence-corrected chi connectivity index (χ2v) is 6.06. The molecule has 0 saturated carbocycles. The van der Waals surface area contributed by atoms with Crippen molar-refractivity contribution in [3.63, 3.8) is 0 Å². The highest BCUT2D eigenvalue weighted by Gasteiger charge is 2.33. The Labute approximate surface area is 135 Å². The standard InChI is InChI=1S/C15H15F3N2O2S/c1-9-5-6-23-14(9)12(19-2)7-10-3-4-11(15(16,17)18)8-13(10)20(21)22/h3-6,8,12,19H,7H2,1-2H3. The average molecular weight is 344 g/mol. The second-order valence-electron chi connectivity index (χ2n) is 5.11. The molecular formula is C15H15F3N2O2S. The molecule has 1 heterocycles. The predicted molar refractivity (Wildman–Crippen MR) is 82.7 cm³/mol. The SMILES string of the molecule is CNC(Cc1ccc(C(F)(F)F)cc1[N+](=O)[O-])c1sccc1C. The minimum Gasteiger partial charge on any atom is -0.312 e. The summed E-state index contributed by atoms with van der Waals surface area (Å²) in [6.07, 6.45) is -4.36. The number of benzene rings is 1. The first-order valence-electron chi connectivity index (χ1n) is 6.79. The molecule has 2 aromatic rings. The van der Waals surface area contributed by atoms with Crippen LogP contribution in [0.25, 0.3) is 0 Å². The molecule has 0 bridgehead atoms. The Kier molecular flexibility index (Phi) is 5.06. The van der Waals surface area contributed by atoms with Gasteiger partial charge in [0.05, 0.1) is 10.5 Å². The molecule has 1 unspecified atom stereocenters. The van der Waals surface area contributed by atoms with Crippen LogP contribution in [0, 0.1) is 17.0 Å². The van der Waals surface area contributed by atoms with Crippen LogP contribution in [0.1, 0.15) is 27.6 Å². The fraction of sp³-hybridized carbons (Fsp3) is 0.333. The van der Waals surface area contributed by atoms with Crippen molar-refractivity contribution in [1.29, 1.82) is 0 Å². The van der Waals surface area contributed by atoms with Crippen molar-refractivity contribution in [3.05, 3.63) is 61.3 Å². The van der Waals surface area contributed by atoms with Gasteiger partial charge in [-0.1, -0.05) is 6.07 Å². The molecule has 0 radical (unpaired) electrons. The van der Waals surface area contributed by atoms with Crippen molar-refractivity contribution in [2.75, 3.05) is 7.05 Å². The molecule has 1 aromatic carbocycles. The van der Waals surface area contributed by atoms with E-state index in [-0.39, 0.29) is 18.0 Å². The van der Waals surface area contributed by atoms with E-state index in [1.807, 2.05) is 18.4 Å². The van der Waals surface area contributed by atoms with Crippen molar-refractivity contribution >= 4 is 17.0 Å². The molecule has 0 amide bonds. The van der Waals surface area contributed by atoms with Crippen LogP contribution in [0.5, 0.6) is 0 Å². The average Bonchev–Trinajstić information content (AvgIpc) is 2.89. The van der Waals surface area contributed by atoms with E-state index in [1.165, 1.54) is 17.4 Å². The lowest BCUT2D eigenvalue weighted by molar-refractivity contribution is -0.385. The Balaban J connectivity index is 2.39. The van der Waals surface area contributed by atoms with Gasteiger partial charge in [0, 0.05) is 22.5 Å². The van der Waals surface area contributed by atoms with Crippen LogP contribution in [0.2, 0.25) is 0 Å². The molecule has 4 nitrogen and oxygen atoms in total. The van der Waals surface area contributed by atoms with Gasteiger partial charge in [-0.05, 0) is 43.5 Å². The molecule has 1 N–H and O–H groups in total. The largest absolute Gasteiger partial charge is 0.416 e. The van der Waals surface area contributed by atoms with E-state index in [0.29, 0.717) is 6.07 Å². The van der Waals surface area contributed by atoms with Crippen LogP contribution >= 0.6 is 11.3 Å². The van der Waals surface area contributed by atoms with Gasteiger partial charge >= 0.3 is 6.18 Å². The highest BCUT2D eigenvalue weighted by Crippen LogP contribution is 2.35. The van der Waals surface area contributed by atoms with Gasteiger partial charge in [-0.3, -0.25) is 10.1 Å². The van der Waals surface area contributed by atoms with Gasteiger partial charge in [0.2, 0.25) is 0 Å². The van der Waals surface area contributed by atoms with E-state index in [0.717, 1.165) is 16.5 Å². The highest BCUT2D eigenvalue weighted by molar-refractivity contribution is 7.10. The number of nitrogens with zero attached hydrogens (tertiary/aromatic N) is 1. The highest BCUT2D eigenvalue weighted by atomic mass is 32.1. The quantitative estimate of drug-likeness (QED) is 0.642. The van der Waals surface area contributed by atoms with Crippen molar-refractivity contribution in [1.82, 2.24) is 5.32 Å². The Bertz CT molecular complexity index is 713. The topological polar surface area (TPSA) is 55.2 Å². The van der Waals surface area contributed by atoms with E-state index in [1.54, 1.807) is 7.05 Å². The van der Waals surface area contributed by atoms with Crippen molar-refractivity contribution in [2.24, 2.45) is 0 Å². The summed E-state index contributed by atoms with van der Waals surface area (Å²) in [4.78, 5) is 11.4. The summed E-state index contributed by atoms with van der Waals surface area (Å²) < 4.78 is 38.2. The number of likely N-dealkylation sites (N-methyl/N-ethyl adjacent to an activating group) is 1. The van der Waals surface area contributed by atoms with E-state index in [2.05, 4.69) is 5.32 Å². The van der Waals surface area contributed by atoms with E-state index in [4.69, 9.17) is 0 Å². The first-order chi connectivity index (χ1) is 10.7. The summed E-state index contributed by atoms with van der Waals surface area (Å²) in [6, 6.07) is 4.42. The zero-order valence-electron chi connectivity index (χ0n) is 12.5. The molecule has 0 spiro atoms. The van der Waals surface area contributed by atoms with Gasteiger partial charge in [-0.2, -0.15) is 13.2 Å². The third-order valence-corrected chi connectivity index (χ3v) is 4.73. The third kappa shape index (κ3) is 3.89. The first kappa shape index (κ1) is 17.4. The van der Waals surface area contributed by atoms with Crippen molar-refractivity contribution in [3.8, 4) is 0 Å². The van der Waals surface area contributed by atoms with Gasteiger partial charge < -0.3 is 5.32 Å². The number of aryl methyl sites for hydroxylation is 1. The van der Waals surface area contributed by atoms with E-state index < -0.39 is 22.4 Å². The maximum Gasteiger partial charge on any atom is 0.416 e. The zero-order chi connectivity index (χ0) is 17.2. The lowest BCUT2D eigenvalue weighted by atomic mass is 9.99. The summed E-state index contributed by atoms with van der Waals surface area (Å²) in [5.74, 6) is 0. The second kappa shape index (κ2) is 6.67. The van der Waals surface area contributed by atoms with Gasteiger partial charge in [0.15, 0.2) is 0 Å². The number of nitrogens with one attached hydrogen (secondary N) is 1.